The number of likely N-dealkylation sites (N-methyl/N-ethyl adjacent to an activating group) is 1. The maximum absolute atomic E-state index is 3.63. The number of hydrogen-bond donors (Lipinski definition) is 1. The highest BCUT2D eigenvalue weighted by Gasteiger charge is 2.24. The summed E-state index contributed by atoms with van der Waals surface area (Å²) in [4.78, 5) is 4.68. The molecule has 1 heterocycles. The van der Waals surface area contributed by atoms with Crippen molar-refractivity contribution >= 4 is 0 Å². The van der Waals surface area contributed by atoms with Crippen LogP contribution in [0.15, 0.2) is 0 Å². The van der Waals surface area contributed by atoms with Crippen molar-refractivity contribution in [2.75, 3.05) is 40.8 Å². The topological polar surface area (TPSA) is 18.5 Å². The number of likely N-dealkylation sites (tertiary alicyclic amines) is 1. The zero-order valence-electron chi connectivity index (χ0n) is 10.1. The second-order valence-electron chi connectivity index (χ2n) is 4.83. The third kappa shape index (κ3) is 3.95. The Morgan fingerprint density at radius 3 is 2.64 bits per heavy atom. The fraction of sp³-hybridized carbons (Fsp3) is 1.00. The van der Waals surface area contributed by atoms with Gasteiger partial charge in [0.05, 0.1) is 0 Å². The zero-order chi connectivity index (χ0) is 10.6. The number of rotatable bonds is 5. The van der Waals surface area contributed by atoms with Crippen LogP contribution in [0.5, 0.6) is 0 Å². The van der Waals surface area contributed by atoms with E-state index in [9.17, 15) is 0 Å². The van der Waals surface area contributed by atoms with Crippen LogP contribution in [0.3, 0.4) is 0 Å². The number of hydrogen-bond acceptors (Lipinski definition) is 3. The van der Waals surface area contributed by atoms with Gasteiger partial charge in [-0.2, -0.15) is 0 Å². The summed E-state index contributed by atoms with van der Waals surface area (Å²) in [5, 5.41) is 3.63. The molecule has 1 aliphatic heterocycles. The molecule has 3 heteroatoms. The van der Waals surface area contributed by atoms with E-state index in [4.69, 9.17) is 0 Å². The molecule has 1 aliphatic rings. The molecule has 1 saturated heterocycles. The highest BCUT2D eigenvalue weighted by atomic mass is 15.2. The van der Waals surface area contributed by atoms with Crippen molar-refractivity contribution in [3.05, 3.63) is 0 Å². The minimum absolute atomic E-state index is 0.720. The largest absolute Gasteiger partial charge is 0.313 e. The summed E-state index contributed by atoms with van der Waals surface area (Å²) in [7, 11) is 6.48. The average molecular weight is 199 g/mol. The normalized spacial score (nSPS) is 28.9. The van der Waals surface area contributed by atoms with E-state index in [1.165, 1.54) is 25.9 Å². The van der Waals surface area contributed by atoms with E-state index in [0.29, 0.717) is 0 Å². The first-order valence-corrected chi connectivity index (χ1v) is 5.68. The van der Waals surface area contributed by atoms with Crippen molar-refractivity contribution in [3.8, 4) is 0 Å². The van der Waals surface area contributed by atoms with Crippen LogP contribution >= 0.6 is 0 Å². The van der Waals surface area contributed by atoms with E-state index in [1.807, 2.05) is 0 Å². The molecule has 0 bridgehead atoms. The van der Waals surface area contributed by atoms with Gasteiger partial charge in [0.2, 0.25) is 0 Å². The Kier molecular flexibility index (Phi) is 4.85. The van der Waals surface area contributed by atoms with Crippen LogP contribution in [-0.2, 0) is 0 Å². The van der Waals surface area contributed by atoms with Crippen molar-refractivity contribution in [2.24, 2.45) is 0 Å². The van der Waals surface area contributed by atoms with Gasteiger partial charge in [0.15, 0.2) is 0 Å². The van der Waals surface area contributed by atoms with E-state index in [0.717, 1.165) is 18.6 Å². The monoisotopic (exact) mass is 199 g/mol. The van der Waals surface area contributed by atoms with Crippen LogP contribution < -0.4 is 5.32 Å². The Hall–Kier alpha value is -0.120. The Labute approximate surface area is 88.5 Å². The summed E-state index contributed by atoms with van der Waals surface area (Å²) >= 11 is 0. The molecule has 14 heavy (non-hydrogen) atoms. The van der Waals surface area contributed by atoms with Crippen molar-refractivity contribution < 1.29 is 0 Å². The smallest absolute Gasteiger partial charge is 0.0209 e. The maximum atomic E-state index is 3.63. The Balaban J connectivity index is 2.03. The van der Waals surface area contributed by atoms with Gasteiger partial charge in [-0.15, -0.1) is 0 Å². The van der Waals surface area contributed by atoms with Gasteiger partial charge in [-0.3, -0.25) is 0 Å². The summed E-state index contributed by atoms with van der Waals surface area (Å²) in [6.07, 6.45) is 2.56. The van der Waals surface area contributed by atoms with Crippen LogP contribution in [-0.4, -0.2) is 62.7 Å². The van der Waals surface area contributed by atoms with Crippen LogP contribution in [0.4, 0.5) is 0 Å². The van der Waals surface area contributed by atoms with Gasteiger partial charge in [0.1, 0.15) is 0 Å². The molecular formula is C11H25N3. The second-order valence-corrected chi connectivity index (χ2v) is 4.83. The Morgan fingerprint density at radius 1 is 1.43 bits per heavy atom. The van der Waals surface area contributed by atoms with Crippen molar-refractivity contribution in [1.82, 2.24) is 15.1 Å². The molecule has 0 amide bonds. The summed E-state index contributed by atoms with van der Waals surface area (Å²) < 4.78 is 0. The van der Waals surface area contributed by atoms with Crippen molar-refractivity contribution in [1.29, 1.82) is 0 Å². The lowest BCUT2D eigenvalue weighted by Gasteiger charge is -2.14. The van der Waals surface area contributed by atoms with Crippen LogP contribution in [0.2, 0.25) is 0 Å². The first-order valence-electron chi connectivity index (χ1n) is 5.68. The third-order valence-electron chi connectivity index (χ3n) is 3.10. The van der Waals surface area contributed by atoms with Crippen molar-refractivity contribution in [3.63, 3.8) is 0 Å². The first kappa shape index (κ1) is 12.0. The minimum atomic E-state index is 0.720. The highest BCUT2D eigenvalue weighted by molar-refractivity contribution is 4.84. The molecule has 0 saturated carbocycles. The highest BCUT2D eigenvalue weighted by Crippen LogP contribution is 2.14. The third-order valence-corrected chi connectivity index (χ3v) is 3.10. The molecule has 1 rings (SSSR count). The minimum Gasteiger partial charge on any atom is -0.313 e. The van der Waals surface area contributed by atoms with Gasteiger partial charge in [-0.25, -0.2) is 0 Å². The summed E-state index contributed by atoms with van der Waals surface area (Å²) in [5.41, 5.74) is 0. The molecule has 0 aliphatic carbocycles. The maximum Gasteiger partial charge on any atom is 0.0209 e. The van der Waals surface area contributed by atoms with Gasteiger partial charge in [-0.1, -0.05) is 0 Å². The molecule has 2 unspecified atom stereocenters. The predicted molar refractivity (Wildman–Crippen MR) is 61.7 cm³/mol. The summed E-state index contributed by atoms with van der Waals surface area (Å²) in [6.45, 7) is 5.86. The van der Waals surface area contributed by atoms with E-state index in [2.05, 4.69) is 43.2 Å². The molecule has 0 aromatic rings. The van der Waals surface area contributed by atoms with Crippen LogP contribution in [0, 0.1) is 0 Å². The molecule has 2 atom stereocenters. The van der Waals surface area contributed by atoms with E-state index in [1.54, 1.807) is 0 Å². The number of nitrogens with zero attached hydrogens (tertiary/aromatic N) is 2. The summed E-state index contributed by atoms with van der Waals surface area (Å²) in [6, 6.07) is 1.47. The molecule has 0 radical (unpaired) electrons. The van der Waals surface area contributed by atoms with Gasteiger partial charge in [0.25, 0.3) is 0 Å². The van der Waals surface area contributed by atoms with E-state index in [-0.39, 0.29) is 0 Å². The van der Waals surface area contributed by atoms with Gasteiger partial charge < -0.3 is 15.1 Å². The van der Waals surface area contributed by atoms with Crippen LogP contribution in [0.1, 0.15) is 19.8 Å². The fourth-order valence-corrected chi connectivity index (χ4v) is 2.04. The summed E-state index contributed by atoms with van der Waals surface area (Å²) in [5.74, 6) is 0. The molecule has 0 aromatic carbocycles. The molecular weight excluding hydrogens is 174 g/mol. The molecule has 1 fully saturated rings. The zero-order valence-corrected chi connectivity index (χ0v) is 10.1. The lowest BCUT2D eigenvalue weighted by atomic mass is 10.2. The van der Waals surface area contributed by atoms with E-state index < -0.39 is 0 Å². The molecule has 3 nitrogen and oxygen atoms in total. The Morgan fingerprint density at radius 2 is 2.14 bits per heavy atom. The van der Waals surface area contributed by atoms with E-state index >= 15 is 0 Å². The van der Waals surface area contributed by atoms with Gasteiger partial charge >= 0.3 is 0 Å². The fourth-order valence-electron chi connectivity index (χ4n) is 2.04. The molecule has 1 N–H and O–H groups in total. The average Bonchev–Trinajstić information content (AvgIpc) is 2.40. The van der Waals surface area contributed by atoms with Crippen molar-refractivity contribution in [2.45, 2.75) is 31.8 Å². The molecule has 0 spiro atoms. The second kappa shape index (κ2) is 5.69. The molecule has 0 aromatic heterocycles. The van der Waals surface area contributed by atoms with Crippen LogP contribution in [0.25, 0.3) is 0 Å². The predicted octanol–water partition coefficient (Wildman–Crippen LogP) is 0.620. The lowest BCUT2D eigenvalue weighted by molar-refractivity contribution is 0.326. The van der Waals surface area contributed by atoms with Gasteiger partial charge in [-0.05, 0) is 54.0 Å². The van der Waals surface area contributed by atoms with Gasteiger partial charge in [0, 0.05) is 18.6 Å². The lowest BCUT2D eigenvalue weighted by Crippen LogP contribution is -2.33. The quantitative estimate of drug-likeness (QED) is 0.655. The SMILES string of the molecule is CC1CC(NCCCN(C)C)CN1C. The standard InChI is InChI=1S/C11H25N3/c1-10-8-11(9-14(10)4)12-6-5-7-13(2)3/h10-12H,5-9H2,1-4H3. The first-order chi connectivity index (χ1) is 6.59. The Bertz CT molecular complexity index is 149. The molecule has 84 valence electrons. The number of nitrogens with one attached hydrogen (secondary N) is 1.